The Labute approximate surface area is 129 Å². The minimum absolute atomic E-state index is 0.431. The number of nitrogens with zero attached hydrogens (tertiary/aromatic N) is 2. The van der Waals surface area contributed by atoms with Crippen molar-refractivity contribution in [2.24, 2.45) is 0 Å². The molecular weight excluding hydrogens is 320 g/mol. The maximum atomic E-state index is 11.8. The topological polar surface area (TPSA) is 81.8 Å². The van der Waals surface area contributed by atoms with Crippen molar-refractivity contribution >= 4 is 44.2 Å². The largest absolute Gasteiger partial charge is 0.303 e. The summed E-state index contributed by atoms with van der Waals surface area (Å²) in [5, 5.41) is 2.57. The van der Waals surface area contributed by atoms with Gasteiger partial charge < -0.3 is 5.01 Å². The van der Waals surface area contributed by atoms with Crippen LogP contribution in [0.2, 0.25) is 0 Å². The molecule has 0 aliphatic rings. The number of thioether (sulfide) groups is 1. The van der Waals surface area contributed by atoms with Crippen LogP contribution in [0.25, 0.3) is 0 Å². The van der Waals surface area contributed by atoms with Crippen LogP contribution in [0.1, 0.15) is 13.3 Å². The van der Waals surface area contributed by atoms with Gasteiger partial charge >= 0.3 is 0 Å². The number of hydrogen-bond donors (Lipinski definition) is 2. The summed E-state index contributed by atoms with van der Waals surface area (Å²) in [5.41, 5.74) is 2.97. The number of amides is 1. The highest BCUT2D eigenvalue weighted by Crippen LogP contribution is 2.02. The molecule has 7 nitrogen and oxygen atoms in total. The molecule has 0 aromatic heterocycles. The highest BCUT2D eigenvalue weighted by molar-refractivity contribution is 8.22. The molecule has 1 amide bonds. The van der Waals surface area contributed by atoms with Gasteiger partial charge in [-0.05, 0) is 12.7 Å². The van der Waals surface area contributed by atoms with E-state index in [0.717, 1.165) is 0 Å². The molecule has 10 heteroatoms. The van der Waals surface area contributed by atoms with Crippen LogP contribution in [-0.4, -0.2) is 54.8 Å². The molecule has 0 saturated carbocycles. The van der Waals surface area contributed by atoms with Crippen LogP contribution >= 0.6 is 24.0 Å². The standard InChI is InChI=1S/C10H20N4O3S3/c1-6-8(2)13(3)12-20(16,17)7-9(15)11-14(4)10(18)19-5/h12H,2,6-7H2,1,3-5H3,(H,11,15). The average Bonchev–Trinajstić information content (AvgIpc) is 2.34. The molecule has 20 heavy (non-hydrogen) atoms. The Balaban J connectivity index is 4.51. The predicted octanol–water partition coefficient (Wildman–Crippen LogP) is 0.287. The fraction of sp³-hybridized carbons (Fsp3) is 0.600. The molecule has 0 aromatic carbocycles. The van der Waals surface area contributed by atoms with Crippen molar-refractivity contribution in [2.75, 3.05) is 26.1 Å². The van der Waals surface area contributed by atoms with E-state index in [-0.39, 0.29) is 0 Å². The second-order valence-electron chi connectivity index (χ2n) is 3.89. The highest BCUT2D eigenvalue weighted by Gasteiger charge is 2.19. The van der Waals surface area contributed by atoms with E-state index in [1.54, 1.807) is 13.3 Å². The summed E-state index contributed by atoms with van der Waals surface area (Å²) in [6.07, 6.45) is 2.35. The Kier molecular flexibility index (Phi) is 8.09. The van der Waals surface area contributed by atoms with Gasteiger partial charge in [-0.15, -0.1) is 4.83 Å². The summed E-state index contributed by atoms with van der Waals surface area (Å²) < 4.78 is 24.0. The Morgan fingerprint density at radius 1 is 1.35 bits per heavy atom. The number of nitrogens with one attached hydrogen (secondary N) is 2. The molecule has 0 radical (unpaired) electrons. The van der Waals surface area contributed by atoms with Crippen molar-refractivity contribution in [1.82, 2.24) is 20.3 Å². The van der Waals surface area contributed by atoms with Crippen molar-refractivity contribution in [3.05, 3.63) is 12.3 Å². The van der Waals surface area contributed by atoms with Gasteiger partial charge in [-0.2, -0.15) is 0 Å². The number of hydrogen-bond acceptors (Lipinski definition) is 6. The molecule has 0 aliphatic carbocycles. The third-order valence-electron chi connectivity index (χ3n) is 2.22. The minimum atomic E-state index is -3.79. The maximum Gasteiger partial charge on any atom is 0.255 e. The number of carbonyl (C=O) groups is 1. The Hall–Kier alpha value is -0.840. The number of allylic oxidation sites excluding steroid dienone is 1. The van der Waals surface area contributed by atoms with Crippen LogP contribution in [0.3, 0.4) is 0 Å². The zero-order chi connectivity index (χ0) is 15.9. The van der Waals surface area contributed by atoms with Crippen LogP contribution in [-0.2, 0) is 14.8 Å². The first kappa shape index (κ1) is 19.2. The van der Waals surface area contributed by atoms with Gasteiger partial charge in [0.05, 0.1) is 0 Å². The predicted molar refractivity (Wildman–Crippen MR) is 86.1 cm³/mol. The minimum Gasteiger partial charge on any atom is -0.303 e. The zero-order valence-electron chi connectivity index (χ0n) is 12.0. The molecule has 0 fully saturated rings. The number of sulfonamides is 1. The Morgan fingerprint density at radius 2 is 1.90 bits per heavy atom. The van der Waals surface area contributed by atoms with Gasteiger partial charge in [0.25, 0.3) is 5.91 Å². The molecule has 0 aromatic rings. The summed E-state index contributed by atoms with van der Waals surface area (Å²) in [4.78, 5) is 13.9. The van der Waals surface area contributed by atoms with Crippen molar-refractivity contribution in [1.29, 1.82) is 0 Å². The van der Waals surface area contributed by atoms with Gasteiger partial charge in [0.1, 0.15) is 5.75 Å². The number of hydrazine groups is 2. The smallest absolute Gasteiger partial charge is 0.255 e. The number of rotatable bonds is 6. The second-order valence-corrected chi connectivity index (χ2v) is 7.03. The first-order chi connectivity index (χ1) is 9.12. The monoisotopic (exact) mass is 340 g/mol. The Bertz CT molecular complexity index is 478. The van der Waals surface area contributed by atoms with Crippen molar-refractivity contribution < 1.29 is 13.2 Å². The average molecular weight is 340 g/mol. The quantitative estimate of drug-likeness (QED) is 0.531. The first-order valence-electron chi connectivity index (χ1n) is 5.65. The van der Waals surface area contributed by atoms with E-state index in [1.165, 1.54) is 28.8 Å². The number of carbonyl (C=O) groups excluding carboxylic acids is 1. The molecular formula is C10H20N4O3S3. The molecule has 2 N–H and O–H groups in total. The maximum absolute atomic E-state index is 11.8. The lowest BCUT2D eigenvalue weighted by atomic mass is 10.4. The fourth-order valence-electron chi connectivity index (χ4n) is 1.12. The third-order valence-corrected chi connectivity index (χ3v) is 4.81. The lowest BCUT2D eigenvalue weighted by molar-refractivity contribution is -0.121. The first-order valence-corrected chi connectivity index (χ1v) is 8.94. The summed E-state index contributed by atoms with van der Waals surface area (Å²) in [6.45, 7) is 5.53. The van der Waals surface area contributed by atoms with E-state index in [1.807, 2.05) is 6.92 Å². The third kappa shape index (κ3) is 7.08. The lowest BCUT2D eigenvalue weighted by Gasteiger charge is -2.22. The van der Waals surface area contributed by atoms with E-state index >= 15 is 0 Å². The second kappa shape index (κ2) is 8.45. The van der Waals surface area contributed by atoms with E-state index < -0.39 is 21.7 Å². The lowest BCUT2D eigenvalue weighted by Crippen LogP contribution is -2.47. The number of thiocarbonyl (C=S) groups is 1. The van der Waals surface area contributed by atoms with Crippen LogP contribution in [0.15, 0.2) is 12.3 Å². The van der Waals surface area contributed by atoms with Crippen molar-refractivity contribution in [2.45, 2.75) is 13.3 Å². The van der Waals surface area contributed by atoms with E-state index in [9.17, 15) is 13.2 Å². The van der Waals surface area contributed by atoms with E-state index in [0.29, 0.717) is 16.4 Å². The van der Waals surface area contributed by atoms with Crippen molar-refractivity contribution in [3.63, 3.8) is 0 Å². The molecule has 0 heterocycles. The van der Waals surface area contributed by atoms with Crippen LogP contribution < -0.4 is 10.3 Å². The summed E-state index contributed by atoms with van der Waals surface area (Å²) in [6, 6.07) is 0. The van der Waals surface area contributed by atoms with Gasteiger partial charge in [-0.1, -0.05) is 37.5 Å². The van der Waals surface area contributed by atoms with Crippen molar-refractivity contribution in [3.8, 4) is 0 Å². The molecule has 0 atom stereocenters. The molecule has 0 saturated heterocycles. The molecule has 0 spiro atoms. The van der Waals surface area contributed by atoms with Crippen LogP contribution in [0.5, 0.6) is 0 Å². The van der Waals surface area contributed by atoms with Gasteiger partial charge in [0.2, 0.25) is 10.0 Å². The summed E-state index contributed by atoms with van der Waals surface area (Å²) in [5.74, 6) is -1.37. The van der Waals surface area contributed by atoms with Crippen LogP contribution in [0.4, 0.5) is 0 Å². The molecule has 116 valence electrons. The van der Waals surface area contributed by atoms with Gasteiger partial charge in [-0.3, -0.25) is 15.2 Å². The molecule has 0 bridgehead atoms. The summed E-state index contributed by atoms with van der Waals surface area (Å²) in [7, 11) is -0.719. The highest BCUT2D eigenvalue weighted by atomic mass is 32.2. The normalized spacial score (nSPS) is 10.8. The van der Waals surface area contributed by atoms with Gasteiger partial charge in [0, 0.05) is 19.8 Å². The SMILES string of the molecule is C=C(CC)N(C)NS(=O)(=O)CC(=O)NN(C)C(=S)SC. The van der Waals surface area contributed by atoms with E-state index in [2.05, 4.69) is 16.8 Å². The fourth-order valence-corrected chi connectivity index (χ4v) is 2.50. The molecule has 0 unspecified atom stereocenters. The van der Waals surface area contributed by atoms with Crippen LogP contribution in [0, 0.1) is 0 Å². The molecule has 0 rings (SSSR count). The van der Waals surface area contributed by atoms with Gasteiger partial charge in [0.15, 0.2) is 4.32 Å². The zero-order valence-corrected chi connectivity index (χ0v) is 14.4. The summed E-state index contributed by atoms with van der Waals surface area (Å²) >= 11 is 6.21. The van der Waals surface area contributed by atoms with E-state index in [4.69, 9.17) is 12.2 Å². The van der Waals surface area contributed by atoms with Gasteiger partial charge in [-0.25, -0.2) is 8.42 Å². The Morgan fingerprint density at radius 3 is 2.35 bits per heavy atom. The molecule has 0 aliphatic heterocycles.